The summed E-state index contributed by atoms with van der Waals surface area (Å²) in [6, 6.07) is 0.188. The van der Waals surface area contributed by atoms with Crippen molar-refractivity contribution in [3.05, 3.63) is 23.8 Å². The van der Waals surface area contributed by atoms with E-state index in [2.05, 4.69) is 30.7 Å². The summed E-state index contributed by atoms with van der Waals surface area (Å²) in [5.74, 6) is 1.11. The summed E-state index contributed by atoms with van der Waals surface area (Å²) in [4.78, 5) is 8.73. The summed E-state index contributed by atoms with van der Waals surface area (Å²) in [6.45, 7) is 6.27. The Morgan fingerprint density at radius 3 is 2.29 bits per heavy atom. The van der Waals surface area contributed by atoms with Gasteiger partial charge >= 0.3 is 0 Å². The zero-order chi connectivity index (χ0) is 12.8. The van der Waals surface area contributed by atoms with E-state index in [-0.39, 0.29) is 12.1 Å². The second kappa shape index (κ2) is 6.67. The van der Waals surface area contributed by atoms with Gasteiger partial charge in [0.05, 0.1) is 0 Å². The number of nitrogens with two attached hydrogens (primary N) is 1. The van der Waals surface area contributed by atoms with Crippen molar-refractivity contribution in [2.45, 2.75) is 45.8 Å². The lowest BCUT2D eigenvalue weighted by Crippen LogP contribution is -2.22. The van der Waals surface area contributed by atoms with Crippen LogP contribution in [0.2, 0.25) is 0 Å². The van der Waals surface area contributed by atoms with Crippen molar-refractivity contribution in [3.8, 4) is 0 Å². The Labute approximate surface area is 104 Å². The summed E-state index contributed by atoms with van der Waals surface area (Å²) < 4.78 is 5.39. The minimum absolute atomic E-state index is 0.0381. The molecule has 0 saturated carbocycles. The maximum atomic E-state index is 5.90. The quantitative estimate of drug-likeness (QED) is 0.823. The molecule has 1 aromatic rings. The van der Waals surface area contributed by atoms with Gasteiger partial charge in [-0.1, -0.05) is 20.8 Å². The highest BCUT2D eigenvalue weighted by atomic mass is 16.5. The third kappa shape index (κ3) is 4.06. The van der Waals surface area contributed by atoms with Crippen molar-refractivity contribution in [3.63, 3.8) is 0 Å². The van der Waals surface area contributed by atoms with E-state index in [1.807, 2.05) is 12.4 Å². The molecule has 1 rings (SSSR count). The first-order valence-corrected chi connectivity index (χ1v) is 6.17. The fourth-order valence-electron chi connectivity index (χ4n) is 1.74. The molecular formula is C13H23N3O. The van der Waals surface area contributed by atoms with Gasteiger partial charge < -0.3 is 10.5 Å². The van der Waals surface area contributed by atoms with Crippen molar-refractivity contribution >= 4 is 0 Å². The lowest BCUT2D eigenvalue weighted by molar-refractivity contribution is 0.0574. The monoisotopic (exact) mass is 237 g/mol. The number of hydrogen-bond donors (Lipinski definition) is 1. The second-order valence-electron chi connectivity index (χ2n) is 4.72. The average molecular weight is 237 g/mol. The van der Waals surface area contributed by atoms with Crippen LogP contribution in [0.4, 0.5) is 0 Å². The lowest BCUT2D eigenvalue weighted by atomic mass is 10.1. The summed E-state index contributed by atoms with van der Waals surface area (Å²) in [5.41, 5.74) is 6.98. The molecule has 2 unspecified atom stereocenters. The molecule has 0 aromatic carbocycles. The van der Waals surface area contributed by atoms with E-state index in [1.54, 1.807) is 7.11 Å². The van der Waals surface area contributed by atoms with Crippen LogP contribution in [0.15, 0.2) is 12.4 Å². The molecule has 1 aromatic heterocycles. The van der Waals surface area contributed by atoms with Gasteiger partial charge in [-0.05, 0) is 24.3 Å². The van der Waals surface area contributed by atoms with Gasteiger partial charge in [0.2, 0.25) is 0 Å². The van der Waals surface area contributed by atoms with Crippen molar-refractivity contribution in [2.24, 2.45) is 11.7 Å². The van der Waals surface area contributed by atoms with Crippen LogP contribution in [0.5, 0.6) is 0 Å². The molecule has 0 aliphatic rings. The minimum Gasteiger partial charge on any atom is -0.373 e. The average Bonchev–Trinajstić information content (AvgIpc) is 2.31. The molecule has 4 heteroatoms. The molecule has 0 spiro atoms. The predicted octanol–water partition coefficient (Wildman–Crippen LogP) is 2.10. The largest absolute Gasteiger partial charge is 0.373 e. The van der Waals surface area contributed by atoms with Gasteiger partial charge in [0, 0.05) is 25.5 Å². The van der Waals surface area contributed by atoms with E-state index in [0.717, 1.165) is 24.2 Å². The van der Waals surface area contributed by atoms with E-state index < -0.39 is 0 Å². The number of hydrogen-bond acceptors (Lipinski definition) is 4. The van der Waals surface area contributed by atoms with Crippen molar-refractivity contribution in [1.82, 2.24) is 9.97 Å². The first-order chi connectivity index (χ1) is 8.08. The second-order valence-corrected chi connectivity index (χ2v) is 4.72. The SMILES string of the molecule is CCC(N)Cc1cnc(C(OC)C(C)C)nc1. The van der Waals surface area contributed by atoms with Gasteiger partial charge in [0.15, 0.2) is 5.82 Å². The molecule has 0 aliphatic heterocycles. The lowest BCUT2D eigenvalue weighted by Gasteiger charge is -2.17. The zero-order valence-electron chi connectivity index (χ0n) is 11.2. The van der Waals surface area contributed by atoms with Crippen LogP contribution < -0.4 is 5.73 Å². The Morgan fingerprint density at radius 1 is 1.29 bits per heavy atom. The van der Waals surface area contributed by atoms with Crippen molar-refractivity contribution in [2.75, 3.05) is 7.11 Å². The number of methoxy groups -OCH3 is 1. The van der Waals surface area contributed by atoms with E-state index in [0.29, 0.717) is 5.92 Å². The van der Waals surface area contributed by atoms with Crippen LogP contribution >= 0.6 is 0 Å². The van der Waals surface area contributed by atoms with Crippen LogP contribution in [0.25, 0.3) is 0 Å². The number of rotatable bonds is 6. The van der Waals surface area contributed by atoms with Gasteiger partial charge in [-0.2, -0.15) is 0 Å². The molecule has 0 saturated heterocycles. The van der Waals surface area contributed by atoms with Gasteiger partial charge in [-0.25, -0.2) is 9.97 Å². The summed E-state index contributed by atoms with van der Waals surface area (Å²) in [5, 5.41) is 0. The minimum atomic E-state index is -0.0381. The Balaban J connectivity index is 2.73. The van der Waals surface area contributed by atoms with Gasteiger partial charge in [0.1, 0.15) is 6.10 Å². The highest BCUT2D eigenvalue weighted by molar-refractivity contribution is 5.08. The fraction of sp³-hybridized carbons (Fsp3) is 0.692. The van der Waals surface area contributed by atoms with Crippen LogP contribution in [-0.2, 0) is 11.2 Å². The molecular weight excluding hydrogens is 214 g/mol. The molecule has 17 heavy (non-hydrogen) atoms. The highest BCUT2D eigenvalue weighted by Gasteiger charge is 2.17. The smallest absolute Gasteiger partial charge is 0.157 e. The molecule has 2 atom stereocenters. The van der Waals surface area contributed by atoms with Crippen LogP contribution in [0.1, 0.15) is 44.7 Å². The highest BCUT2D eigenvalue weighted by Crippen LogP contribution is 2.21. The van der Waals surface area contributed by atoms with Crippen molar-refractivity contribution in [1.29, 1.82) is 0 Å². The van der Waals surface area contributed by atoms with Gasteiger partial charge in [0.25, 0.3) is 0 Å². The molecule has 4 nitrogen and oxygen atoms in total. The standard InChI is InChI=1S/C13H23N3O/c1-5-11(14)6-10-7-15-13(16-8-10)12(17-4)9(2)3/h7-9,11-12H,5-6,14H2,1-4H3. The predicted molar refractivity (Wildman–Crippen MR) is 68.6 cm³/mol. The molecule has 0 amide bonds. The van der Waals surface area contributed by atoms with Crippen LogP contribution in [-0.4, -0.2) is 23.1 Å². The van der Waals surface area contributed by atoms with E-state index in [4.69, 9.17) is 10.5 Å². The van der Waals surface area contributed by atoms with E-state index >= 15 is 0 Å². The number of ether oxygens (including phenoxy) is 1. The first-order valence-electron chi connectivity index (χ1n) is 6.17. The normalized spacial score (nSPS) is 14.9. The first kappa shape index (κ1) is 14.1. The Hall–Kier alpha value is -1.00. The van der Waals surface area contributed by atoms with Gasteiger partial charge in [-0.3, -0.25) is 0 Å². The molecule has 0 aliphatic carbocycles. The van der Waals surface area contributed by atoms with Crippen LogP contribution in [0.3, 0.4) is 0 Å². The summed E-state index contributed by atoms with van der Waals surface area (Å²) in [6.07, 6.45) is 5.46. The number of nitrogens with zero attached hydrogens (tertiary/aromatic N) is 2. The van der Waals surface area contributed by atoms with E-state index in [9.17, 15) is 0 Å². The zero-order valence-corrected chi connectivity index (χ0v) is 11.2. The van der Waals surface area contributed by atoms with Crippen molar-refractivity contribution < 1.29 is 4.74 Å². The molecule has 0 bridgehead atoms. The van der Waals surface area contributed by atoms with Crippen LogP contribution in [0, 0.1) is 5.92 Å². The molecule has 2 N–H and O–H groups in total. The third-order valence-electron chi connectivity index (χ3n) is 2.86. The Morgan fingerprint density at radius 2 is 1.88 bits per heavy atom. The topological polar surface area (TPSA) is 61.0 Å². The molecule has 0 radical (unpaired) electrons. The summed E-state index contributed by atoms with van der Waals surface area (Å²) in [7, 11) is 1.69. The van der Waals surface area contributed by atoms with Gasteiger partial charge in [-0.15, -0.1) is 0 Å². The molecule has 1 heterocycles. The Bertz CT molecular complexity index is 324. The molecule has 0 fully saturated rings. The number of aromatic nitrogens is 2. The maximum Gasteiger partial charge on any atom is 0.157 e. The maximum absolute atomic E-state index is 5.90. The third-order valence-corrected chi connectivity index (χ3v) is 2.86. The van der Waals surface area contributed by atoms with E-state index in [1.165, 1.54) is 0 Å². The summed E-state index contributed by atoms with van der Waals surface area (Å²) >= 11 is 0. The molecule has 96 valence electrons. The fourth-order valence-corrected chi connectivity index (χ4v) is 1.74. The Kier molecular flexibility index (Phi) is 5.51.